The van der Waals surface area contributed by atoms with E-state index >= 15 is 0 Å². The molecule has 2 aromatic heterocycles. The van der Waals surface area contributed by atoms with Gasteiger partial charge in [-0.15, -0.1) is 10.2 Å². The number of aromatic amines is 1. The van der Waals surface area contributed by atoms with Crippen LogP contribution < -0.4 is 5.43 Å². The molecule has 0 spiro atoms. The summed E-state index contributed by atoms with van der Waals surface area (Å²) in [5, 5.41) is 13.5. The number of hydrogen-bond donors (Lipinski definition) is 2. The number of fused-ring (bicyclic) bond motifs is 3. The predicted molar refractivity (Wildman–Crippen MR) is 91.6 cm³/mol. The van der Waals surface area contributed by atoms with E-state index in [1.807, 2.05) is 42.5 Å². The minimum Gasteiger partial charge on any atom is -0.337 e. The van der Waals surface area contributed by atoms with E-state index in [0.29, 0.717) is 11.6 Å². The number of nitrogens with zero attached hydrogens (tertiary/aromatic N) is 4. The van der Waals surface area contributed by atoms with Crippen molar-refractivity contribution in [3.63, 3.8) is 0 Å². The monoisotopic (exact) mass is 302 g/mol. The quantitative estimate of drug-likeness (QED) is 0.450. The summed E-state index contributed by atoms with van der Waals surface area (Å²) in [5.74, 6) is 0.355. The van der Waals surface area contributed by atoms with Gasteiger partial charge in [-0.2, -0.15) is 10.1 Å². The van der Waals surface area contributed by atoms with Gasteiger partial charge < -0.3 is 4.98 Å². The van der Waals surface area contributed by atoms with E-state index in [4.69, 9.17) is 0 Å². The van der Waals surface area contributed by atoms with Gasteiger partial charge in [0.05, 0.1) is 11.7 Å². The summed E-state index contributed by atoms with van der Waals surface area (Å²) in [7, 11) is 0. The molecule has 0 amide bonds. The lowest BCUT2D eigenvalue weighted by Gasteiger charge is -1.97. The Morgan fingerprint density at radius 3 is 2.78 bits per heavy atom. The van der Waals surface area contributed by atoms with Crippen molar-refractivity contribution in [1.29, 1.82) is 0 Å². The van der Waals surface area contributed by atoms with E-state index < -0.39 is 0 Å². The van der Waals surface area contributed by atoms with Crippen molar-refractivity contribution in [2.75, 3.05) is 5.43 Å². The summed E-state index contributed by atoms with van der Waals surface area (Å²) in [5.41, 5.74) is 7.45. The van der Waals surface area contributed by atoms with Crippen LogP contribution in [-0.2, 0) is 0 Å². The number of hydrazone groups is 1. The maximum atomic E-state index is 4.43. The first kappa shape index (κ1) is 13.4. The molecule has 4 aromatic rings. The molecule has 0 bridgehead atoms. The molecule has 0 aliphatic rings. The van der Waals surface area contributed by atoms with Gasteiger partial charge in [-0.05, 0) is 18.1 Å². The van der Waals surface area contributed by atoms with E-state index in [0.717, 1.165) is 27.5 Å². The summed E-state index contributed by atoms with van der Waals surface area (Å²) >= 11 is 0. The van der Waals surface area contributed by atoms with Gasteiger partial charge in [0, 0.05) is 5.39 Å². The Kier molecular flexibility index (Phi) is 3.20. The summed E-state index contributed by atoms with van der Waals surface area (Å²) in [6.45, 7) is 2.05. The van der Waals surface area contributed by atoms with Crippen molar-refractivity contribution in [2.45, 2.75) is 6.92 Å². The molecule has 0 atom stereocenters. The molecular formula is C17H14N6. The Bertz CT molecular complexity index is 1000. The van der Waals surface area contributed by atoms with Gasteiger partial charge in [0.2, 0.25) is 0 Å². The number of aromatic nitrogens is 4. The zero-order chi connectivity index (χ0) is 15.6. The van der Waals surface area contributed by atoms with E-state index in [1.165, 1.54) is 0 Å². The molecule has 0 fully saturated rings. The fraction of sp³-hybridized carbons (Fsp3) is 0.0588. The molecule has 2 N–H and O–H groups in total. The highest BCUT2D eigenvalue weighted by atomic mass is 15.4. The lowest BCUT2D eigenvalue weighted by atomic mass is 10.1. The van der Waals surface area contributed by atoms with Crippen LogP contribution in [-0.4, -0.2) is 26.4 Å². The topological polar surface area (TPSA) is 78.9 Å². The number of nitrogens with one attached hydrogen (secondary N) is 2. The molecule has 23 heavy (non-hydrogen) atoms. The Hall–Kier alpha value is -3.28. The second-order valence-corrected chi connectivity index (χ2v) is 5.24. The van der Waals surface area contributed by atoms with Crippen molar-refractivity contribution in [3.8, 4) is 0 Å². The summed E-state index contributed by atoms with van der Waals surface area (Å²) in [4.78, 5) is 7.72. The largest absolute Gasteiger partial charge is 0.337 e. The lowest BCUT2D eigenvalue weighted by molar-refractivity contribution is 1.01. The number of benzene rings is 2. The molecule has 0 unspecified atom stereocenters. The van der Waals surface area contributed by atoms with Gasteiger partial charge in [0.1, 0.15) is 5.52 Å². The van der Waals surface area contributed by atoms with Gasteiger partial charge in [-0.3, -0.25) is 0 Å². The van der Waals surface area contributed by atoms with E-state index in [9.17, 15) is 0 Å². The lowest BCUT2D eigenvalue weighted by Crippen LogP contribution is -1.98. The van der Waals surface area contributed by atoms with Crippen molar-refractivity contribution in [3.05, 3.63) is 59.7 Å². The van der Waals surface area contributed by atoms with Crippen molar-refractivity contribution >= 4 is 34.2 Å². The van der Waals surface area contributed by atoms with Gasteiger partial charge in [-0.1, -0.05) is 48.5 Å². The second kappa shape index (κ2) is 5.49. The van der Waals surface area contributed by atoms with Crippen LogP contribution in [0.15, 0.2) is 53.6 Å². The fourth-order valence-electron chi connectivity index (χ4n) is 2.49. The predicted octanol–water partition coefficient (Wildman–Crippen LogP) is 3.26. The zero-order valence-electron chi connectivity index (χ0n) is 12.5. The summed E-state index contributed by atoms with van der Waals surface area (Å²) < 4.78 is 0. The third-order valence-electron chi connectivity index (χ3n) is 3.64. The molecule has 0 saturated heterocycles. The Labute approximate surface area is 132 Å². The molecule has 0 aliphatic heterocycles. The molecule has 6 nitrogen and oxygen atoms in total. The SMILES string of the molecule is Cc1cccc2c1[nH]c1nc(NN=Cc3ccccc3)nnc12. The second-order valence-electron chi connectivity index (χ2n) is 5.24. The molecule has 2 heterocycles. The van der Waals surface area contributed by atoms with Crippen molar-refractivity contribution < 1.29 is 0 Å². The Morgan fingerprint density at radius 2 is 1.91 bits per heavy atom. The maximum absolute atomic E-state index is 4.43. The smallest absolute Gasteiger partial charge is 0.265 e. The van der Waals surface area contributed by atoms with Gasteiger partial charge in [0.15, 0.2) is 5.65 Å². The molecule has 4 rings (SSSR count). The first-order valence-electron chi connectivity index (χ1n) is 7.27. The standard InChI is InChI=1S/C17H14N6/c1-11-6-5-9-13-14(11)19-16-15(13)21-23-17(20-16)22-18-10-12-7-3-2-4-8-12/h2-10H,1H3,(H2,19,20,22,23). The third-order valence-corrected chi connectivity index (χ3v) is 3.64. The third kappa shape index (κ3) is 2.50. The first-order chi connectivity index (χ1) is 11.3. The van der Waals surface area contributed by atoms with Crippen LogP contribution >= 0.6 is 0 Å². The van der Waals surface area contributed by atoms with E-state index in [2.05, 4.69) is 43.7 Å². The molecule has 0 aliphatic carbocycles. The fourth-order valence-corrected chi connectivity index (χ4v) is 2.49. The number of hydrogen-bond acceptors (Lipinski definition) is 5. The van der Waals surface area contributed by atoms with Crippen LogP contribution in [0.5, 0.6) is 0 Å². The first-order valence-corrected chi connectivity index (χ1v) is 7.27. The van der Waals surface area contributed by atoms with Gasteiger partial charge in [0.25, 0.3) is 5.95 Å². The van der Waals surface area contributed by atoms with Crippen LogP contribution in [0.1, 0.15) is 11.1 Å². The minimum atomic E-state index is 0.355. The van der Waals surface area contributed by atoms with Crippen LogP contribution in [0, 0.1) is 6.92 Å². The highest BCUT2D eigenvalue weighted by Gasteiger charge is 2.09. The normalized spacial score (nSPS) is 11.5. The molecule has 6 heteroatoms. The Balaban J connectivity index is 1.65. The molecule has 112 valence electrons. The van der Waals surface area contributed by atoms with E-state index in [-0.39, 0.29) is 0 Å². The van der Waals surface area contributed by atoms with E-state index in [1.54, 1.807) is 6.21 Å². The molecule has 2 aromatic carbocycles. The number of aryl methyl sites for hydroxylation is 1. The van der Waals surface area contributed by atoms with Crippen LogP contribution in [0.4, 0.5) is 5.95 Å². The van der Waals surface area contributed by atoms with Gasteiger partial charge >= 0.3 is 0 Å². The zero-order valence-corrected chi connectivity index (χ0v) is 12.5. The van der Waals surface area contributed by atoms with Crippen LogP contribution in [0.2, 0.25) is 0 Å². The van der Waals surface area contributed by atoms with Crippen LogP contribution in [0.3, 0.4) is 0 Å². The minimum absolute atomic E-state index is 0.355. The van der Waals surface area contributed by atoms with Crippen molar-refractivity contribution in [2.24, 2.45) is 5.10 Å². The molecule has 0 saturated carbocycles. The molecular weight excluding hydrogens is 288 g/mol. The highest BCUT2D eigenvalue weighted by Crippen LogP contribution is 2.24. The number of para-hydroxylation sites is 1. The maximum Gasteiger partial charge on any atom is 0.265 e. The van der Waals surface area contributed by atoms with Crippen LogP contribution in [0.25, 0.3) is 22.1 Å². The van der Waals surface area contributed by atoms with Crippen molar-refractivity contribution in [1.82, 2.24) is 20.2 Å². The number of H-pyrrole nitrogens is 1. The summed E-state index contributed by atoms with van der Waals surface area (Å²) in [6, 6.07) is 15.9. The number of rotatable bonds is 3. The molecule has 0 radical (unpaired) electrons. The number of anilines is 1. The highest BCUT2D eigenvalue weighted by molar-refractivity contribution is 6.04. The van der Waals surface area contributed by atoms with Gasteiger partial charge in [-0.25, -0.2) is 5.43 Å². The average molecular weight is 302 g/mol. The average Bonchev–Trinajstić information content (AvgIpc) is 2.95. The Morgan fingerprint density at radius 1 is 1.04 bits per heavy atom. The summed E-state index contributed by atoms with van der Waals surface area (Å²) in [6.07, 6.45) is 1.71.